The number of rotatable bonds is 6. The molecule has 0 heterocycles. The molecular formula is C13H16F3NO3S. The van der Waals surface area contributed by atoms with Gasteiger partial charge in [-0.15, -0.1) is 0 Å². The fourth-order valence-corrected chi connectivity index (χ4v) is 3.63. The highest BCUT2D eigenvalue weighted by atomic mass is 32.2. The molecule has 0 fully saturated rings. The molecule has 0 saturated carbocycles. The van der Waals surface area contributed by atoms with Crippen molar-refractivity contribution in [2.24, 2.45) is 5.73 Å². The van der Waals surface area contributed by atoms with Gasteiger partial charge in [0.2, 0.25) is 5.91 Å². The van der Waals surface area contributed by atoms with Gasteiger partial charge in [0.1, 0.15) is 0 Å². The first kappa shape index (κ1) is 17.5. The highest BCUT2D eigenvalue weighted by molar-refractivity contribution is 7.91. The molecule has 1 amide bonds. The van der Waals surface area contributed by atoms with E-state index in [1.807, 2.05) is 0 Å². The van der Waals surface area contributed by atoms with Gasteiger partial charge in [0.05, 0.1) is 17.9 Å². The zero-order valence-corrected chi connectivity index (χ0v) is 12.2. The van der Waals surface area contributed by atoms with Crippen LogP contribution in [0.15, 0.2) is 24.3 Å². The number of hydrogen-bond donors (Lipinski definition) is 1. The average Bonchev–Trinajstić information content (AvgIpc) is 2.35. The molecule has 0 spiro atoms. The number of carbonyl (C=O) groups excluding carboxylic acids is 1. The molecule has 2 N–H and O–H groups in total. The van der Waals surface area contributed by atoms with Gasteiger partial charge in [-0.2, -0.15) is 13.2 Å². The molecule has 0 radical (unpaired) electrons. The molecule has 1 aromatic carbocycles. The topological polar surface area (TPSA) is 77.2 Å². The van der Waals surface area contributed by atoms with Crippen molar-refractivity contribution in [2.45, 2.75) is 25.4 Å². The molecule has 0 unspecified atom stereocenters. The highest BCUT2D eigenvalue weighted by Crippen LogP contribution is 2.24. The molecule has 1 aromatic rings. The minimum absolute atomic E-state index is 0.177. The molecule has 118 valence electrons. The molecule has 1 rings (SSSR count). The van der Waals surface area contributed by atoms with E-state index in [2.05, 4.69) is 0 Å². The lowest BCUT2D eigenvalue weighted by Crippen LogP contribution is -2.22. The molecule has 0 aliphatic heterocycles. The van der Waals surface area contributed by atoms with Crippen LogP contribution >= 0.6 is 0 Å². The van der Waals surface area contributed by atoms with E-state index in [4.69, 9.17) is 5.73 Å². The number of alkyl halides is 3. The Morgan fingerprint density at radius 3 is 2.38 bits per heavy atom. The van der Waals surface area contributed by atoms with E-state index in [-0.39, 0.29) is 5.56 Å². The Morgan fingerprint density at radius 2 is 1.86 bits per heavy atom. The number of primary amides is 1. The maximum absolute atomic E-state index is 12.1. The number of hydrogen-bond acceptors (Lipinski definition) is 3. The second kappa shape index (κ2) is 6.46. The summed E-state index contributed by atoms with van der Waals surface area (Å²) in [4.78, 5) is 11.3. The second-order valence-electron chi connectivity index (χ2n) is 4.83. The number of carbonyl (C=O) groups is 1. The zero-order valence-electron chi connectivity index (χ0n) is 11.4. The fourth-order valence-electron chi connectivity index (χ4n) is 1.98. The summed E-state index contributed by atoms with van der Waals surface area (Å²) in [6.07, 6.45) is -5.89. The minimum atomic E-state index is -4.51. The van der Waals surface area contributed by atoms with Crippen molar-refractivity contribution in [2.75, 3.05) is 11.5 Å². The van der Waals surface area contributed by atoms with Crippen molar-refractivity contribution in [3.8, 4) is 0 Å². The number of benzene rings is 1. The first-order valence-corrected chi connectivity index (χ1v) is 8.00. The molecule has 4 nitrogen and oxygen atoms in total. The van der Waals surface area contributed by atoms with Crippen LogP contribution in [0.4, 0.5) is 13.2 Å². The SMILES string of the molecule is C[C@@H](CS(=O)(=O)CCC(F)(F)F)c1ccccc1C(N)=O. The van der Waals surface area contributed by atoms with Crippen LogP contribution in [0.5, 0.6) is 0 Å². The van der Waals surface area contributed by atoms with E-state index < -0.39 is 45.8 Å². The fraction of sp³-hybridized carbons (Fsp3) is 0.462. The third-order valence-corrected chi connectivity index (χ3v) is 4.79. The maximum atomic E-state index is 12.1. The van der Waals surface area contributed by atoms with Crippen molar-refractivity contribution in [3.63, 3.8) is 0 Å². The number of halogens is 3. The van der Waals surface area contributed by atoms with Crippen LogP contribution in [0.25, 0.3) is 0 Å². The summed E-state index contributed by atoms with van der Waals surface area (Å²) in [5, 5.41) is 0. The van der Waals surface area contributed by atoms with Crippen molar-refractivity contribution in [1.82, 2.24) is 0 Å². The molecule has 1 atom stereocenters. The Bertz CT molecular complexity index is 611. The van der Waals surface area contributed by atoms with Gasteiger partial charge < -0.3 is 5.73 Å². The Labute approximate surface area is 121 Å². The van der Waals surface area contributed by atoms with Crippen molar-refractivity contribution in [3.05, 3.63) is 35.4 Å². The largest absolute Gasteiger partial charge is 0.390 e. The predicted molar refractivity (Wildman–Crippen MR) is 72.7 cm³/mol. The molecule has 8 heteroatoms. The third kappa shape index (κ3) is 5.74. The van der Waals surface area contributed by atoms with Gasteiger partial charge in [-0.3, -0.25) is 4.79 Å². The normalized spacial score (nSPS) is 13.9. The van der Waals surface area contributed by atoms with E-state index in [9.17, 15) is 26.4 Å². The summed E-state index contributed by atoms with van der Waals surface area (Å²) in [5.74, 6) is -2.75. The van der Waals surface area contributed by atoms with Gasteiger partial charge in [0.15, 0.2) is 9.84 Å². The van der Waals surface area contributed by atoms with E-state index in [1.54, 1.807) is 18.2 Å². The molecular weight excluding hydrogens is 307 g/mol. The summed E-state index contributed by atoms with van der Waals surface area (Å²) in [7, 11) is -3.88. The summed E-state index contributed by atoms with van der Waals surface area (Å²) >= 11 is 0. The summed E-state index contributed by atoms with van der Waals surface area (Å²) < 4.78 is 59.7. The van der Waals surface area contributed by atoms with Gasteiger partial charge in [-0.05, 0) is 17.5 Å². The minimum Gasteiger partial charge on any atom is -0.366 e. The highest BCUT2D eigenvalue weighted by Gasteiger charge is 2.30. The van der Waals surface area contributed by atoms with Crippen LogP contribution in [-0.4, -0.2) is 32.0 Å². The number of nitrogens with two attached hydrogens (primary N) is 1. The summed E-state index contributed by atoms with van der Waals surface area (Å²) in [5.41, 5.74) is 5.79. The van der Waals surface area contributed by atoms with Gasteiger partial charge >= 0.3 is 6.18 Å². The number of sulfone groups is 1. The van der Waals surface area contributed by atoms with Gasteiger partial charge in [-0.25, -0.2) is 8.42 Å². The quantitative estimate of drug-likeness (QED) is 0.872. The lowest BCUT2D eigenvalue weighted by atomic mass is 9.97. The third-order valence-electron chi connectivity index (χ3n) is 2.96. The average molecular weight is 323 g/mol. The maximum Gasteiger partial charge on any atom is 0.390 e. The molecule has 0 saturated heterocycles. The second-order valence-corrected chi connectivity index (χ2v) is 7.06. The summed E-state index contributed by atoms with van der Waals surface area (Å²) in [6, 6.07) is 6.19. The molecule has 0 aliphatic rings. The van der Waals surface area contributed by atoms with E-state index in [0.29, 0.717) is 5.56 Å². The standard InChI is InChI=1S/C13H16F3NO3S/c1-9(8-21(19,20)7-6-13(14,15)16)10-4-2-3-5-11(10)12(17)18/h2-5,9H,6-8H2,1H3,(H2,17,18)/t9-/m0/s1. The smallest absolute Gasteiger partial charge is 0.366 e. The van der Waals surface area contributed by atoms with E-state index >= 15 is 0 Å². The van der Waals surface area contributed by atoms with Crippen LogP contribution in [0, 0.1) is 0 Å². The lowest BCUT2D eigenvalue weighted by molar-refractivity contribution is -0.129. The monoisotopic (exact) mass is 323 g/mol. The molecule has 0 bridgehead atoms. The Hall–Kier alpha value is -1.57. The summed E-state index contributed by atoms with van der Waals surface area (Å²) in [6.45, 7) is 1.53. The lowest BCUT2D eigenvalue weighted by Gasteiger charge is -2.15. The van der Waals surface area contributed by atoms with Crippen LogP contribution in [0.1, 0.15) is 35.2 Å². The predicted octanol–water partition coefficient (Wildman–Crippen LogP) is 2.26. The molecule has 21 heavy (non-hydrogen) atoms. The van der Waals surface area contributed by atoms with Crippen LogP contribution < -0.4 is 5.73 Å². The first-order chi connectivity index (χ1) is 9.52. The van der Waals surface area contributed by atoms with E-state index in [1.165, 1.54) is 13.0 Å². The Balaban J connectivity index is 2.86. The van der Waals surface area contributed by atoms with Crippen LogP contribution in [-0.2, 0) is 9.84 Å². The van der Waals surface area contributed by atoms with Crippen molar-refractivity contribution >= 4 is 15.7 Å². The number of amides is 1. The van der Waals surface area contributed by atoms with Crippen LogP contribution in [0.3, 0.4) is 0 Å². The van der Waals surface area contributed by atoms with Gasteiger partial charge in [0.25, 0.3) is 0 Å². The Morgan fingerprint density at radius 1 is 1.29 bits per heavy atom. The molecule has 0 aliphatic carbocycles. The van der Waals surface area contributed by atoms with Crippen LogP contribution in [0.2, 0.25) is 0 Å². The van der Waals surface area contributed by atoms with Gasteiger partial charge in [-0.1, -0.05) is 25.1 Å². The first-order valence-electron chi connectivity index (χ1n) is 6.18. The Kier molecular flexibility index (Phi) is 5.38. The zero-order chi connectivity index (χ0) is 16.3. The van der Waals surface area contributed by atoms with Crippen molar-refractivity contribution in [1.29, 1.82) is 0 Å². The van der Waals surface area contributed by atoms with Gasteiger partial charge in [0, 0.05) is 5.56 Å². The molecule has 0 aromatic heterocycles. The van der Waals surface area contributed by atoms with E-state index in [0.717, 1.165) is 0 Å². The van der Waals surface area contributed by atoms with Crippen molar-refractivity contribution < 1.29 is 26.4 Å².